The first-order valence-electron chi connectivity index (χ1n) is 5.48. The predicted molar refractivity (Wildman–Crippen MR) is 76.5 cm³/mol. The van der Waals surface area contributed by atoms with Gasteiger partial charge in [0, 0.05) is 9.64 Å². The van der Waals surface area contributed by atoms with E-state index in [0.717, 1.165) is 9.13 Å². The van der Waals surface area contributed by atoms with Crippen molar-refractivity contribution in [3.63, 3.8) is 0 Å². The fraction of sp³-hybridized carbons (Fsp3) is 0.0769. The molecule has 7 heteroatoms. The number of hydrogen-bond donors (Lipinski definition) is 0. The van der Waals surface area contributed by atoms with Gasteiger partial charge in [0.05, 0.1) is 11.0 Å². The lowest BCUT2D eigenvalue weighted by molar-refractivity contribution is -0.387. The molecule has 0 atom stereocenters. The molecule has 0 bridgehead atoms. The van der Waals surface area contributed by atoms with Gasteiger partial charge in [-0.05, 0) is 40.3 Å². The van der Waals surface area contributed by atoms with Gasteiger partial charge in [-0.3, -0.25) is 10.1 Å². The fourth-order valence-electron chi connectivity index (χ4n) is 1.51. The minimum Gasteiger partial charge on any atom is -0.486 e. The number of ether oxygens (including phenoxy) is 1. The second kappa shape index (κ2) is 6.12. The summed E-state index contributed by atoms with van der Waals surface area (Å²) >= 11 is 2.14. The summed E-state index contributed by atoms with van der Waals surface area (Å²) in [5.41, 5.74) is -0.132. The van der Waals surface area contributed by atoms with Gasteiger partial charge in [-0.2, -0.15) is 4.39 Å². The molecule has 2 aromatic carbocycles. The van der Waals surface area contributed by atoms with E-state index >= 15 is 0 Å². The highest BCUT2D eigenvalue weighted by Crippen LogP contribution is 2.27. The lowest BCUT2D eigenvalue weighted by Gasteiger charge is -2.07. The van der Waals surface area contributed by atoms with Gasteiger partial charge in [-0.1, -0.05) is 12.1 Å². The van der Waals surface area contributed by atoms with E-state index in [4.69, 9.17) is 4.74 Å². The predicted octanol–water partition coefficient (Wildman–Crippen LogP) is 4.06. The molecule has 0 radical (unpaired) electrons. The van der Waals surface area contributed by atoms with Crippen LogP contribution in [0, 0.1) is 25.3 Å². The van der Waals surface area contributed by atoms with Crippen molar-refractivity contribution < 1.29 is 18.4 Å². The van der Waals surface area contributed by atoms with Crippen molar-refractivity contribution in [3.05, 3.63) is 67.3 Å². The summed E-state index contributed by atoms with van der Waals surface area (Å²) in [4.78, 5) is 9.47. The Labute approximate surface area is 126 Å². The summed E-state index contributed by atoms with van der Waals surface area (Å²) in [5.74, 6) is -2.45. The van der Waals surface area contributed by atoms with E-state index in [2.05, 4.69) is 22.6 Å². The third-order valence-corrected chi connectivity index (χ3v) is 3.22. The normalized spacial score (nSPS) is 10.3. The van der Waals surface area contributed by atoms with E-state index in [1.165, 1.54) is 0 Å². The lowest BCUT2D eigenvalue weighted by atomic mass is 10.2. The number of nitro benzene ring substituents is 1. The molecule has 0 N–H and O–H groups in total. The zero-order chi connectivity index (χ0) is 14.7. The molecule has 20 heavy (non-hydrogen) atoms. The molecule has 0 saturated heterocycles. The molecular weight excluding hydrogens is 383 g/mol. The number of nitro groups is 1. The van der Waals surface area contributed by atoms with Gasteiger partial charge in [0.1, 0.15) is 6.61 Å². The van der Waals surface area contributed by atoms with Crippen molar-refractivity contribution in [3.8, 4) is 5.75 Å². The van der Waals surface area contributed by atoms with E-state index in [1.54, 1.807) is 12.1 Å². The van der Waals surface area contributed by atoms with E-state index in [1.807, 2.05) is 12.1 Å². The molecule has 4 nitrogen and oxygen atoms in total. The van der Waals surface area contributed by atoms with Gasteiger partial charge < -0.3 is 4.74 Å². The van der Waals surface area contributed by atoms with E-state index < -0.39 is 22.2 Å². The maximum atomic E-state index is 13.6. The lowest BCUT2D eigenvalue weighted by Crippen LogP contribution is -2.00. The maximum absolute atomic E-state index is 13.6. The molecule has 0 heterocycles. The second-order valence-electron chi connectivity index (χ2n) is 3.91. The SMILES string of the molecule is O=[N+]([O-])c1cc(F)c(OCc2ccc(I)cc2)cc1F. The first kappa shape index (κ1) is 14.6. The molecule has 0 spiro atoms. The molecule has 0 unspecified atom stereocenters. The van der Waals surface area contributed by atoms with Crippen molar-refractivity contribution in [2.45, 2.75) is 6.61 Å². The number of benzene rings is 2. The van der Waals surface area contributed by atoms with Crippen molar-refractivity contribution in [1.82, 2.24) is 0 Å². The Bertz CT molecular complexity index is 647. The van der Waals surface area contributed by atoms with Crippen LogP contribution in [0.25, 0.3) is 0 Å². The minimum absolute atomic E-state index is 0.0467. The number of hydrogen-bond acceptors (Lipinski definition) is 3. The highest BCUT2D eigenvalue weighted by atomic mass is 127. The van der Waals surface area contributed by atoms with Crippen LogP contribution in [-0.4, -0.2) is 4.92 Å². The Kier molecular flexibility index (Phi) is 4.48. The van der Waals surface area contributed by atoms with Crippen molar-refractivity contribution in [2.24, 2.45) is 0 Å². The largest absolute Gasteiger partial charge is 0.486 e. The summed E-state index contributed by atoms with van der Waals surface area (Å²) in [6.07, 6.45) is 0. The Hall–Kier alpha value is -1.77. The monoisotopic (exact) mass is 391 g/mol. The highest BCUT2D eigenvalue weighted by Gasteiger charge is 2.19. The number of nitrogens with zero attached hydrogens (tertiary/aromatic N) is 1. The van der Waals surface area contributed by atoms with Crippen LogP contribution in [0.15, 0.2) is 36.4 Å². The van der Waals surface area contributed by atoms with E-state index in [0.29, 0.717) is 12.1 Å². The molecule has 0 aliphatic rings. The van der Waals surface area contributed by atoms with Gasteiger partial charge >= 0.3 is 5.69 Å². The fourth-order valence-corrected chi connectivity index (χ4v) is 1.87. The van der Waals surface area contributed by atoms with Crippen molar-refractivity contribution >= 4 is 28.3 Å². The second-order valence-corrected chi connectivity index (χ2v) is 5.15. The van der Waals surface area contributed by atoms with Gasteiger partial charge in [-0.15, -0.1) is 0 Å². The molecular formula is C13H8F2INO3. The van der Waals surface area contributed by atoms with Gasteiger partial charge in [0.2, 0.25) is 5.82 Å². The highest BCUT2D eigenvalue weighted by molar-refractivity contribution is 14.1. The van der Waals surface area contributed by atoms with Crippen LogP contribution >= 0.6 is 22.6 Å². The van der Waals surface area contributed by atoms with Crippen molar-refractivity contribution in [1.29, 1.82) is 0 Å². The first-order chi connectivity index (χ1) is 9.47. The Morgan fingerprint density at radius 1 is 1.15 bits per heavy atom. The standard InChI is InChI=1S/C13H8F2INO3/c14-10-6-13(11(15)5-12(10)17(18)19)20-7-8-1-3-9(16)4-2-8/h1-6H,7H2. The van der Waals surface area contributed by atoms with Gasteiger partial charge in [0.15, 0.2) is 11.6 Å². The average Bonchev–Trinajstić information content (AvgIpc) is 2.41. The molecule has 0 aliphatic carbocycles. The summed E-state index contributed by atoms with van der Waals surface area (Å²) in [7, 11) is 0. The number of rotatable bonds is 4. The zero-order valence-electron chi connectivity index (χ0n) is 9.98. The molecule has 0 aliphatic heterocycles. The van der Waals surface area contributed by atoms with Crippen LogP contribution < -0.4 is 4.74 Å². The molecule has 0 fully saturated rings. The average molecular weight is 391 g/mol. The molecule has 0 amide bonds. The smallest absolute Gasteiger partial charge is 0.307 e. The third kappa shape index (κ3) is 3.41. The number of halogens is 3. The van der Waals surface area contributed by atoms with Crippen LogP contribution in [0.1, 0.15) is 5.56 Å². The Balaban J connectivity index is 2.16. The van der Waals surface area contributed by atoms with E-state index in [9.17, 15) is 18.9 Å². The van der Waals surface area contributed by atoms with E-state index in [-0.39, 0.29) is 12.4 Å². The Morgan fingerprint density at radius 2 is 1.80 bits per heavy atom. The quantitative estimate of drug-likeness (QED) is 0.449. The van der Waals surface area contributed by atoms with Gasteiger partial charge in [-0.25, -0.2) is 4.39 Å². The maximum Gasteiger partial charge on any atom is 0.307 e. The third-order valence-electron chi connectivity index (χ3n) is 2.51. The minimum atomic E-state index is -1.13. The van der Waals surface area contributed by atoms with Crippen LogP contribution in [0.4, 0.5) is 14.5 Å². The molecule has 0 saturated carbocycles. The topological polar surface area (TPSA) is 52.4 Å². The summed E-state index contributed by atoms with van der Waals surface area (Å²) in [6, 6.07) is 8.49. The van der Waals surface area contributed by atoms with Crippen molar-refractivity contribution in [2.75, 3.05) is 0 Å². The molecule has 104 valence electrons. The zero-order valence-corrected chi connectivity index (χ0v) is 12.1. The molecule has 0 aromatic heterocycles. The summed E-state index contributed by atoms with van der Waals surface area (Å²) in [5, 5.41) is 10.5. The van der Waals surface area contributed by atoms with Crippen LogP contribution in [0.5, 0.6) is 5.75 Å². The van der Waals surface area contributed by atoms with Gasteiger partial charge in [0.25, 0.3) is 0 Å². The van der Waals surface area contributed by atoms with Crippen LogP contribution in [-0.2, 0) is 6.61 Å². The summed E-state index contributed by atoms with van der Waals surface area (Å²) < 4.78 is 33.1. The Morgan fingerprint density at radius 3 is 2.40 bits per heavy atom. The first-order valence-corrected chi connectivity index (χ1v) is 6.56. The van der Waals surface area contributed by atoms with Crippen LogP contribution in [0.3, 0.4) is 0 Å². The molecule has 2 aromatic rings. The summed E-state index contributed by atoms with van der Waals surface area (Å²) in [6.45, 7) is 0.0467. The van der Waals surface area contributed by atoms with Crippen LogP contribution in [0.2, 0.25) is 0 Å². The molecule has 2 rings (SSSR count).